The lowest BCUT2D eigenvalue weighted by Crippen LogP contribution is -2.37. The fourth-order valence-corrected chi connectivity index (χ4v) is 2.37. The minimum absolute atomic E-state index is 0. The van der Waals surface area contributed by atoms with Crippen LogP contribution in [0.1, 0.15) is 18.4 Å². The van der Waals surface area contributed by atoms with Crippen LogP contribution in [0.25, 0.3) is 0 Å². The molecule has 4 nitrogen and oxygen atoms in total. The Labute approximate surface area is 132 Å². The summed E-state index contributed by atoms with van der Waals surface area (Å²) in [5, 5.41) is 3.03. The van der Waals surface area contributed by atoms with Gasteiger partial charge >= 0.3 is 0 Å². The van der Waals surface area contributed by atoms with Crippen LogP contribution in [0, 0.1) is 0 Å². The second kappa shape index (κ2) is 10.00. The van der Waals surface area contributed by atoms with Gasteiger partial charge in [0, 0.05) is 38.6 Å². The topological polar surface area (TPSA) is 58.4 Å². The van der Waals surface area contributed by atoms with Gasteiger partial charge in [-0.1, -0.05) is 30.3 Å². The molecule has 1 aromatic rings. The molecule has 2 rings (SSSR count). The first-order valence-electron chi connectivity index (χ1n) is 6.53. The number of hydrogen-bond donors (Lipinski definition) is 2. The monoisotopic (exact) mass is 319 g/mol. The van der Waals surface area contributed by atoms with Gasteiger partial charge in [0.05, 0.1) is 0 Å². The number of nitrogens with two attached hydrogens (primary N) is 1. The van der Waals surface area contributed by atoms with Gasteiger partial charge in [0.15, 0.2) is 0 Å². The van der Waals surface area contributed by atoms with E-state index >= 15 is 0 Å². The third kappa shape index (κ3) is 6.09. The average Bonchev–Trinajstić information content (AvgIpc) is 2.78. The second-order valence-corrected chi connectivity index (χ2v) is 4.81. The van der Waals surface area contributed by atoms with E-state index in [9.17, 15) is 4.79 Å². The number of nitrogens with zero attached hydrogens (tertiary/aromatic N) is 1. The molecule has 1 aliphatic rings. The molecule has 0 aromatic heterocycles. The summed E-state index contributed by atoms with van der Waals surface area (Å²) in [5.74, 6) is 0.0732. The highest BCUT2D eigenvalue weighted by Gasteiger charge is 2.23. The molecule has 1 fully saturated rings. The fourth-order valence-electron chi connectivity index (χ4n) is 2.37. The fraction of sp³-hybridized carbons (Fsp3) is 0.500. The molecule has 1 aromatic carbocycles. The Morgan fingerprint density at radius 3 is 2.65 bits per heavy atom. The van der Waals surface area contributed by atoms with E-state index < -0.39 is 0 Å². The van der Waals surface area contributed by atoms with Crippen LogP contribution in [0.3, 0.4) is 0 Å². The average molecular weight is 320 g/mol. The molecule has 3 N–H and O–H groups in total. The summed E-state index contributed by atoms with van der Waals surface area (Å²) >= 11 is 0. The third-order valence-corrected chi connectivity index (χ3v) is 3.26. The molecule has 1 heterocycles. The zero-order valence-electron chi connectivity index (χ0n) is 11.5. The van der Waals surface area contributed by atoms with E-state index in [4.69, 9.17) is 5.73 Å². The number of carbonyl (C=O) groups excluding carboxylic acids is 1. The van der Waals surface area contributed by atoms with Crippen LogP contribution in [0.4, 0.5) is 0 Å². The van der Waals surface area contributed by atoms with Crippen molar-refractivity contribution in [1.29, 1.82) is 0 Å². The highest BCUT2D eigenvalue weighted by Crippen LogP contribution is 2.13. The molecule has 20 heavy (non-hydrogen) atoms. The van der Waals surface area contributed by atoms with Gasteiger partial charge in [-0.2, -0.15) is 0 Å². The van der Waals surface area contributed by atoms with Gasteiger partial charge in [-0.05, 0) is 12.0 Å². The predicted octanol–water partition coefficient (Wildman–Crippen LogP) is 1.57. The van der Waals surface area contributed by atoms with E-state index in [2.05, 4.69) is 34.5 Å². The maximum atomic E-state index is 11.5. The molecular weight excluding hydrogens is 297 g/mol. The lowest BCUT2D eigenvalue weighted by molar-refractivity contribution is -0.121. The molecule has 0 aliphatic carbocycles. The van der Waals surface area contributed by atoms with Crippen molar-refractivity contribution in [3.8, 4) is 0 Å². The van der Waals surface area contributed by atoms with Crippen molar-refractivity contribution in [2.75, 3.05) is 19.6 Å². The van der Waals surface area contributed by atoms with Gasteiger partial charge in [-0.15, -0.1) is 24.8 Å². The normalized spacial score (nSPS) is 17.9. The molecule has 0 radical (unpaired) electrons. The van der Waals surface area contributed by atoms with Gasteiger partial charge in [-0.3, -0.25) is 9.69 Å². The van der Waals surface area contributed by atoms with Crippen molar-refractivity contribution >= 4 is 30.7 Å². The molecule has 6 heteroatoms. The van der Waals surface area contributed by atoms with Crippen molar-refractivity contribution in [3.05, 3.63) is 35.9 Å². The van der Waals surface area contributed by atoms with Crippen molar-refractivity contribution in [1.82, 2.24) is 10.2 Å². The first-order chi connectivity index (χ1) is 8.78. The van der Waals surface area contributed by atoms with Crippen LogP contribution < -0.4 is 11.1 Å². The van der Waals surface area contributed by atoms with Crippen molar-refractivity contribution < 1.29 is 4.79 Å². The number of likely N-dealkylation sites (tertiary alicyclic amines) is 1. The molecule has 1 saturated heterocycles. The Hall–Kier alpha value is -0.810. The lowest BCUT2D eigenvalue weighted by Gasteiger charge is -2.16. The van der Waals surface area contributed by atoms with Crippen LogP contribution in [-0.4, -0.2) is 36.5 Å². The molecule has 114 valence electrons. The summed E-state index contributed by atoms with van der Waals surface area (Å²) in [6.45, 7) is 3.37. The lowest BCUT2D eigenvalue weighted by atomic mass is 10.2. The number of hydrogen-bond acceptors (Lipinski definition) is 3. The Balaban J connectivity index is 0.00000180. The Kier molecular flexibility index (Phi) is 9.59. The van der Waals surface area contributed by atoms with E-state index in [1.807, 2.05) is 6.07 Å². The number of benzene rings is 1. The smallest absolute Gasteiger partial charge is 0.221 e. The first kappa shape index (κ1) is 19.2. The molecule has 1 unspecified atom stereocenters. The van der Waals surface area contributed by atoms with Gasteiger partial charge < -0.3 is 11.1 Å². The van der Waals surface area contributed by atoms with E-state index in [0.29, 0.717) is 13.0 Å². The maximum Gasteiger partial charge on any atom is 0.221 e. The van der Waals surface area contributed by atoms with Crippen molar-refractivity contribution in [2.24, 2.45) is 5.73 Å². The van der Waals surface area contributed by atoms with E-state index in [-0.39, 0.29) is 36.8 Å². The molecule has 1 aliphatic heterocycles. The summed E-state index contributed by atoms with van der Waals surface area (Å²) in [7, 11) is 0. The zero-order valence-corrected chi connectivity index (χ0v) is 13.1. The van der Waals surface area contributed by atoms with Gasteiger partial charge in [0.25, 0.3) is 0 Å². The van der Waals surface area contributed by atoms with E-state index in [0.717, 1.165) is 26.1 Å². The summed E-state index contributed by atoms with van der Waals surface area (Å²) < 4.78 is 0. The summed E-state index contributed by atoms with van der Waals surface area (Å²) in [6.07, 6.45) is 1.46. The van der Waals surface area contributed by atoms with Crippen molar-refractivity contribution in [3.63, 3.8) is 0 Å². The molecule has 1 amide bonds. The number of carbonyl (C=O) groups is 1. The Morgan fingerprint density at radius 1 is 1.30 bits per heavy atom. The van der Waals surface area contributed by atoms with Crippen molar-refractivity contribution in [2.45, 2.75) is 25.4 Å². The largest absolute Gasteiger partial charge is 0.352 e. The van der Waals surface area contributed by atoms with Crippen LogP contribution in [-0.2, 0) is 11.3 Å². The Bertz CT molecular complexity index is 389. The van der Waals surface area contributed by atoms with E-state index in [1.165, 1.54) is 5.56 Å². The minimum atomic E-state index is 0. The molecule has 1 atom stereocenters. The highest BCUT2D eigenvalue weighted by molar-refractivity contribution is 5.85. The van der Waals surface area contributed by atoms with Crippen LogP contribution in [0.15, 0.2) is 30.3 Å². The van der Waals surface area contributed by atoms with Crippen LogP contribution in [0.2, 0.25) is 0 Å². The van der Waals surface area contributed by atoms with Crippen LogP contribution in [0.5, 0.6) is 0 Å². The molecule has 0 saturated carbocycles. The highest BCUT2D eigenvalue weighted by atomic mass is 35.5. The predicted molar refractivity (Wildman–Crippen MR) is 86.4 cm³/mol. The van der Waals surface area contributed by atoms with Gasteiger partial charge in [-0.25, -0.2) is 0 Å². The number of halogens is 2. The number of nitrogens with one attached hydrogen (secondary N) is 1. The summed E-state index contributed by atoms with van der Waals surface area (Å²) in [5.41, 5.74) is 6.69. The standard InChI is InChI=1S/C14H21N3O.2ClH/c15-8-6-14(18)16-13-7-9-17(11-13)10-12-4-2-1-3-5-12;;/h1-5,13H,6-11,15H2,(H,16,18);2*1H. The quantitative estimate of drug-likeness (QED) is 0.866. The molecule has 0 spiro atoms. The summed E-state index contributed by atoms with van der Waals surface area (Å²) in [6, 6.07) is 10.7. The Morgan fingerprint density at radius 2 is 2.00 bits per heavy atom. The second-order valence-electron chi connectivity index (χ2n) is 4.81. The van der Waals surface area contributed by atoms with E-state index in [1.54, 1.807) is 0 Å². The zero-order chi connectivity index (χ0) is 12.8. The SMILES string of the molecule is Cl.Cl.NCCC(=O)NC1CCN(Cc2ccccc2)C1. The minimum Gasteiger partial charge on any atom is -0.352 e. The number of amides is 1. The molecule has 0 bridgehead atoms. The third-order valence-electron chi connectivity index (χ3n) is 3.26. The number of rotatable bonds is 5. The van der Waals surface area contributed by atoms with Gasteiger partial charge in [0.2, 0.25) is 5.91 Å². The summed E-state index contributed by atoms with van der Waals surface area (Å²) in [4.78, 5) is 13.8. The first-order valence-corrected chi connectivity index (χ1v) is 6.53. The van der Waals surface area contributed by atoms with Gasteiger partial charge in [0.1, 0.15) is 0 Å². The van der Waals surface area contributed by atoms with Crippen LogP contribution >= 0.6 is 24.8 Å². The molecular formula is C14H23Cl2N3O. The maximum absolute atomic E-state index is 11.5.